The standard InChI is InChI=1S/C31H31Cl2FN6O4/c1-18-11-24(36-16-31(44,15-34)17-37-29(42)27-22(32)7-3-8-23(27)33)21-14-38-40(26(21)12-18)20-6-2-5-19(13-20)30(43)39-10-4-9-25(39)28(35)41/h2-3,5-8,11-14,25,36,44H,4,9-10,15-17H2,1H3,(H2,35,41)(H,37,42)/t25-,31?/m1/s1. The number of hydrogen-bond donors (Lipinski definition) is 4. The number of rotatable bonds is 10. The van der Waals surface area contributed by atoms with E-state index in [0.29, 0.717) is 47.2 Å². The first-order chi connectivity index (χ1) is 21.0. The van der Waals surface area contributed by atoms with Gasteiger partial charge in [0.1, 0.15) is 18.3 Å². The Labute approximate surface area is 262 Å². The van der Waals surface area contributed by atoms with Gasteiger partial charge in [0.25, 0.3) is 11.8 Å². The number of alkyl halides is 1. The lowest BCUT2D eigenvalue weighted by Crippen LogP contribution is -2.49. The van der Waals surface area contributed by atoms with Crippen LogP contribution >= 0.6 is 23.2 Å². The Morgan fingerprint density at radius 1 is 1.11 bits per heavy atom. The number of benzene rings is 3. The first kappa shape index (κ1) is 31.2. The summed E-state index contributed by atoms with van der Waals surface area (Å²) in [6.07, 6.45) is 2.88. The highest BCUT2D eigenvalue weighted by Gasteiger charge is 2.33. The Kier molecular flexibility index (Phi) is 9.10. The van der Waals surface area contributed by atoms with Gasteiger partial charge in [0.05, 0.1) is 39.6 Å². The molecule has 2 atom stereocenters. The second-order valence-corrected chi connectivity index (χ2v) is 11.7. The average Bonchev–Trinajstić information content (AvgIpc) is 3.67. The third-order valence-electron chi connectivity index (χ3n) is 7.64. The van der Waals surface area contributed by atoms with E-state index in [-0.39, 0.29) is 28.1 Å². The van der Waals surface area contributed by atoms with Crippen LogP contribution < -0.4 is 16.4 Å². The Morgan fingerprint density at radius 3 is 2.55 bits per heavy atom. The Balaban J connectivity index is 1.35. The van der Waals surface area contributed by atoms with Gasteiger partial charge in [-0.3, -0.25) is 14.4 Å². The van der Waals surface area contributed by atoms with Crippen LogP contribution in [0.3, 0.4) is 0 Å². The van der Waals surface area contributed by atoms with E-state index in [1.807, 2.05) is 25.1 Å². The fourth-order valence-corrected chi connectivity index (χ4v) is 5.89. The maximum Gasteiger partial charge on any atom is 0.254 e. The molecule has 0 bridgehead atoms. The van der Waals surface area contributed by atoms with E-state index in [2.05, 4.69) is 15.7 Å². The summed E-state index contributed by atoms with van der Waals surface area (Å²) in [4.78, 5) is 39.3. The predicted molar refractivity (Wildman–Crippen MR) is 167 cm³/mol. The van der Waals surface area contributed by atoms with Crippen molar-refractivity contribution >= 4 is 57.5 Å². The number of carbonyl (C=O) groups excluding carboxylic acids is 3. The van der Waals surface area contributed by atoms with Crippen molar-refractivity contribution in [3.63, 3.8) is 0 Å². The van der Waals surface area contributed by atoms with Gasteiger partial charge in [-0.15, -0.1) is 0 Å². The molecule has 3 amide bonds. The number of primary amides is 1. The molecule has 13 heteroatoms. The van der Waals surface area contributed by atoms with E-state index in [9.17, 15) is 23.9 Å². The molecule has 1 fully saturated rings. The highest BCUT2D eigenvalue weighted by molar-refractivity contribution is 6.39. The molecule has 230 valence electrons. The molecule has 0 aliphatic carbocycles. The van der Waals surface area contributed by atoms with Crippen LogP contribution in [-0.2, 0) is 4.79 Å². The van der Waals surface area contributed by atoms with Crippen LogP contribution in [0, 0.1) is 6.92 Å². The fourth-order valence-electron chi connectivity index (χ4n) is 5.33. The molecule has 1 unspecified atom stereocenters. The van der Waals surface area contributed by atoms with Crippen LogP contribution in [0.4, 0.5) is 10.1 Å². The van der Waals surface area contributed by atoms with Crippen LogP contribution in [-0.4, -0.2) is 75.5 Å². The normalized spacial score (nSPS) is 16.1. The first-order valence-electron chi connectivity index (χ1n) is 13.9. The monoisotopic (exact) mass is 640 g/mol. The van der Waals surface area contributed by atoms with Gasteiger partial charge in [-0.2, -0.15) is 5.10 Å². The van der Waals surface area contributed by atoms with Crippen molar-refractivity contribution in [1.82, 2.24) is 20.0 Å². The number of aliphatic hydroxyl groups is 1. The molecule has 5 rings (SSSR count). The van der Waals surface area contributed by atoms with Crippen molar-refractivity contribution in [3.8, 4) is 5.69 Å². The minimum Gasteiger partial charge on any atom is -0.383 e. The van der Waals surface area contributed by atoms with Gasteiger partial charge in [-0.05, 0) is 67.8 Å². The summed E-state index contributed by atoms with van der Waals surface area (Å²) in [7, 11) is 0. The number of hydrogen-bond acceptors (Lipinski definition) is 6. The molecule has 1 aromatic heterocycles. The zero-order chi connectivity index (χ0) is 31.6. The summed E-state index contributed by atoms with van der Waals surface area (Å²) in [5, 5.41) is 22.1. The van der Waals surface area contributed by atoms with Gasteiger partial charge in [0, 0.05) is 29.7 Å². The zero-order valence-corrected chi connectivity index (χ0v) is 25.3. The number of halogens is 3. The largest absolute Gasteiger partial charge is 0.383 e. The van der Waals surface area contributed by atoms with E-state index < -0.39 is 36.7 Å². The quantitative estimate of drug-likeness (QED) is 0.204. The number of carbonyl (C=O) groups is 3. The lowest BCUT2D eigenvalue weighted by Gasteiger charge is -2.26. The number of likely N-dealkylation sites (tertiary alicyclic amines) is 1. The molecule has 1 saturated heterocycles. The predicted octanol–water partition coefficient (Wildman–Crippen LogP) is 4.27. The van der Waals surface area contributed by atoms with Crippen LogP contribution in [0.2, 0.25) is 10.0 Å². The molecular weight excluding hydrogens is 610 g/mol. The number of aromatic nitrogens is 2. The maximum atomic E-state index is 14.1. The third-order valence-corrected chi connectivity index (χ3v) is 8.27. The van der Waals surface area contributed by atoms with E-state index in [1.54, 1.807) is 35.1 Å². The molecular formula is C31H31Cl2FN6O4. The van der Waals surface area contributed by atoms with Gasteiger partial charge in [0.2, 0.25) is 5.91 Å². The van der Waals surface area contributed by atoms with E-state index in [1.165, 1.54) is 17.0 Å². The molecule has 1 aliphatic heterocycles. The molecule has 44 heavy (non-hydrogen) atoms. The summed E-state index contributed by atoms with van der Waals surface area (Å²) in [5.74, 6) is -1.44. The van der Waals surface area contributed by atoms with E-state index in [0.717, 1.165) is 5.56 Å². The summed E-state index contributed by atoms with van der Waals surface area (Å²) in [5.41, 5.74) is 6.79. The summed E-state index contributed by atoms with van der Waals surface area (Å²) >= 11 is 12.2. The van der Waals surface area contributed by atoms with Gasteiger partial charge >= 0.3 is 0 Å². The van der Waals surface area contributed by atoms with Crippen LogP contribution in [0.15, 0.2) is 60.8 Å². The molecule has 5 N–H and O–H groups in total. The average molecular weight is 642 g/mol. The van der Waals surface area contributed by atoms with E-state index in [4.69, 9.17) is 28.9 Å². The maximum absolute atomic E-state index is 14.1. The third kappa shape index (κ3) is 6.35. The summed E-state index contributed by atoms with van der Waals surface area (Å²) < 4.78 is 15.8. The molecule has 10 nitrogen and oxygen atoms in total. The molecule has 3 aromatic carbocycles. The van der Waals surface area contributed by atoms with Crippen LogP contribution in [0.5, 0.6) is 0 Å². The van der Waals surface area contributed by atoms with Gasteiger partial charge in [0.15, 0.2) is 0 Å². The van der Waals surface area contributed by atoms with Gasteiger partial charge in [-0.25, -0.2) is 9.07 Å². The van der Waals surface area contributed by atoms with Crippen molar-refractivity contribution in [2.45, 2.75) is 31.4 Å². The SMILES string of the molecule is Cc1cc(NCC(O)(CF)CNC(=O)c2c(Cl)cccc2Cl)c2cnn(-c3cccc(C(=O)N4CCC[C@@H]4C(N)=O)c3)c2c1. The highest BCUT2D eigenvalue weighted by atomic mass is 35.5. The number of amides is 3. The minimum atomic E-state index is -1.94. The number of anilines is 1. The molecule has 0 spiro atoms. The lowest BCUT2D eigenvalue weighted by atomic mass is 10.0. The van der Waals surface area contributed by atoms with Crippen molar-refractivity contribution < 1.29 is 23.9 Å². The lowest BCUT2D eigenvalue weighted by molar-refractivity contribution is -0.121. The Hall–Kier alpha value is -4.19. The van der Waals surface area contributed by atoms with Crippen molar-refractivity contribution in [2.75, 3.05) is 31.6 Å². The minimum absolute atomic E-state index is 0.0386. The summed E-state index contributed by atoms with van der Waals surface area (Å²) in [6.45, 7) is 0.565. The number of nitrogens with zero attached hydrogens (tertiary/aromatic N) is 3. The molecule has 0 radical (unpaired) electrons. The second kappa shape index (κ2) is 12.8. The van der Waals surface area contributed by atoms with Crippen LogP contribution in [0.1, 0.15) is 39.1 Å². The van der Waals surface area contributed by atoms with Crippen LogP contribution in [0.25, 0.3) is 16.6 Å². The molecule has 0 saturated carbocycles. The fraction of sp³-hybridized carbons (Fsp3) is 0.290. The Bertz CT molecular complexity index is 1730. The molecule has 4 aromatic rings. The first-order valence-corrected chi connectivity index (χ1v) is 14.7. The van der Waals surface area contributed by atoms with E-state index >= 15 is 0 Å². The number of nitrogens with two attached hydrogens (primary N) is 1. The summed E-state index contributed by atoms with van der Waals surface area (Å²) in [6, 6.07) is 14.7. The number of aryl methyl sites for hydroxylation is 1. The second-order valence-electron chi connectivity index (χ2n) is 10.9. The number of nitrogens with one attached hydrogen (secondary N) is 2. The van der Waals surface area contributed by atoms with Crippen molar-refractivity contribution in [3.05, 3.63) is 87.5 Å². The van der Waals surface area contributed by atoms with Gasteiger partial charge in [-0.1, -0.05) is 35.3 Å². The zero-order valence-electron chi connectivity index (χ0n) is 23.8. The highest BCUT2D eigenvalue weighted by Crippen LogP contribution is 2.29. The van der Waals surface area contributed by atoms with Crippen molar-refractivity contribution in [2.24, 2.45) is 5.73 Å². The van der Waals surface area contributed by atoms with Crippen molar-refractivity contribution in [1.29, 1.82) is 0 Å². The molecule has 1 aliphatic rings. The topological polar surface area (TPSA) is 143 Å². The number of fused-ring (bicyclic) bond motifs is 1. The molecule has 2 heterocycles. The van der Waals surface area contributed by atoms with Gasteiger partial charge < -0.3 is 26.4 Å². The Morgan fingerprint density at radius 2 is 1.84 bits per heavy atom. The smallest absolute Gasteiger partial charge is 0.254 e.